The molecule has 0 aromatic carbocycles. The van der Waals surface area contributed by atoms with Gasteiger partial charge in [0, 0.05) is 31.9 Å². The third-order valence-electron chi connectivity index (χ3n) is 2.79. The van der Waals surface area contributed by atoms with Crippen molar-refractivity contribution in [1.82, 2.24) is 9.62 Å². The Morgan fingerprint density at radius 3 is 2.63 bits per heavy atom. The van der Waals surface area contributed by atoms with Crippen LogP contribution in [-0.2, 0) is 19.6 Å². The molecule has 0 aliphatic carbocycles. The van der Waals surface area contributed by atoms with Crippen LogP contribution in [0.25, 0.3) is 0 Å². The second-order valence-corrected chi connectivity index (χ2v) is 6.84. The largest absolute Gasteiger partial charge is 0.378 e. The number of halogens is 1. The fourth-order valence-corrected chi connectivity index (χ4v) is 3.40. The molecule has 0 radical (unpaired) electrons. The zero-order chi connectivity index (χ0) is 14.3. The fraction of sp³-hybridized carbons (Fsp3) is 0.909. The number of rotatable bonds is 7. The van der Waals surface area contributed by atoms with Crippen LogP contribution in [0.15, 0.2) is 0 Å². The van der Waals surface area contributed by atoms with Crippen molar-refractivity contribution >= 4 is 27.5 Å². The molecular weight excluding hydrogens is 292 g/mol. The van der Waals surface area contributed by atoms with Gasteiger partial charge in [0.2, 0.25) is 15.9 Å². The fourth-order valence-electron chi connectivity index (χ4n) is 1.76. The average molecular weight is 313 g/mol. The highest BCUT2D eigenvalue weighted by Crippen LogP contribution is 2.03. The summed E-state index contributed by atoms with van der Waals surface area (Å²) in [5.74, 6) is 0.140. The molecule has 1 saturated heterocycles. The average Bonchev–Trinajstić information content (AvgIpc) is 2.38. The summed E-state index contributed by atoms with van der Waals surface area (Å²) in [4.78, 5) is 13.5. The van der Waals surface area contributed by atoms with Gasteiger partial charge in [0.25, 0.3) is 0 Å². The third-order valence-corrected chi connectivity index (χ3v) is 4.97. The van der Waals surface area contributed by atoms with Crippen molar-refractivity contribution in [2.45, 2.75) is 13.3 Å². The number of carbonyl (C=O) groups is 1. The molecular formula is C11H21ClN2O4S. The first-order valence-electron chi connectivity index (χ1n) is 6.33. The third kappa shape index (κ3) is 6.56. The Morgan fingerprint density at radius 1 is 1.42 bits per heavy atom. The monoisotopic (exact) mass is 312 g/mol. The highest BCUT2D eigenvalue weighted by molar-refractivity contribution is 7.89. The van der Waals surface area contributed by atoms with Gasteiger partial charge in [-0.15, -0.1) is 11.6 Å². The van der Waals surface area contributed by atoms with Crippen LogP contribution < -0.4 is 4.72 Å². The van der Waals surface area contributed by atoms with Gasteiger partial charge in [-0.05, 0) is 5.92 Å². The Bertz CT molecular complexity index is 382. The molecule has 0 aromatic rings. The lowest BCUT2D eigenvalue weighted by atomic mass is 10.3. The Kier molecular flexibility index (Phi) is 7.06. The van der Waals surface area contributed by atoms with Gasteiger partial charge in [0.1, 0.15) is 0 Å². The molecule has 0 bridgehead atoms. The predicted molar refractivity (Wildman–Crippen MR) is 73.7 cm³/mol. The molecule has 1 aliphatic heterocycles. The van der Waals surface area contributed by atoms with E-state index in [4.69, 9.17) is 16.3 Å². The molecule has 6 nitrogen and oxygen atoms in total. The summed E-state index contributed by atoms with van der Waals surface area (Å²) in [5.41, 5.74) is 0. The number of nitrogens with one attached hydrogen (secondary N) is 1. The van der Waals surface area contributed by atoms with Gasteiger partial charge < -0.3 is 9.64 Å². The normalized spacial score (nSPS) is 18.3. The van der Waals surface area contributed by atoms with Crippen LogP contribution in [0.3, 0.4) is 0 Å². The Labute approximate surface area is 119 Å². The molecule has 1 rings (SSSR count). The minimum atomic E-state index is -3.35. The summed E-state index contributed by atoms with van der Waals surface area (Å²) in [5, 5.41) is 0. The van der Waals surface area contributed by atoms with E-state index < -0.39 is 10.0 Å². The van der Waals surface area contributed by atoms with E-state index >= 15 is 0 Å². The van der Waals surface area contributed by atoms with E-state index in [0.29, 0.717) is 32.2 Å². The summed E-state index contributed by atoms with van der Waals surface area (Å²) in [7, 11) is -3.35. The van der Waals surface area contributed by atoms with Crippen molar-refractivity contribution in [3.63, 3.8) is 0 Å². The molecule has 112 valence electrons. The summed E-state index contributed by atoms with van der Waals surface area (Å²) in [6.45, 7) is 4.15. The van der Waals surface area contributed by atoms with E-state index in [-0.39, 0.29) is 30.5 Å². The van der Waals surface area contributed by atoms with E-state index in [0.717, 1.165) is 0 Å². The first kappa shape index (κ1) is 16.7. The van der Waals surface area contributed by atoms with Gasteiger partial charge >= 0.3 is 0 Å². The molecule has 1 fully saturated rings. The lowest BCUT2D eigenvalue weighted by Gasteiger charge is -2.26. The van der Waals surface area contributed by atoms with E-state index in [9.17, 15) is 13.2 Å². The van der Waals surface area contributed by atoms with Crippen LogP contribution >= 0.6 is 11.6 Å². The minimum Gasteiger partial charge on any atom is -0.378 e. The maximum absolute atomic E-state index is 11.8. The van der Waals surface area contributed by atoms with Crippen LogP contribution in [0.4, 0.5) is 0 Å². The smallest absolute Gasteiger partial charge is 0.224 e. The number of sulfonamides is 1. The Morgan fingerprint density at radius 2 is 2.05 bits per heavy atom. The van der Waals surface area contributed by atoms with Gasteiger partial charge in [0.05, 0.1) is 19.0 Å². The lowest BCUT2D eigenvalue weighted by molar-refractivity contribution is -0.135. The van der Waals surface area contributed by atoms with Gasteiger partial charge in [-0.2, -0.15) is 0 Å². The first-order chi connectivity index (χ1) is 8.94. The number of hydrogen-bond acceptors (Lipinski definition) is 4. The summed E-state index contributed by atoms with van der Waals surface area (Å²) < 4.78 is 30.9. The Balaban J connectivity index is 2.27. The highest BCUT2D eigenvalue weighted by Gasteiger charge is 2.18. The second kappa shape index (κ2) is 8.04. The maximum atomic E-state index is 11.8. The number of hydrogen-bond donors (Lipinski definition) is 1. The predicted octanol–water partition coefficient (Wildman–Crippen LogP) is 0.0296. The number of carbonyl (C=O) groups excluding carboxylic acids is 1. The number of nitrogens with zero attached hydrogens (tertiary/aromatic N) is 1. The van der Waals surface area contributed by atoms with Crippen LogP contribution in [0.5, 0.6) is 0 Å². The minimum absolute atomic E-state index is 0.0117. The molecule has 8 heteroatoms. The molecule has 1 atom stereocenters. The van der Waals surface area contributed by atoms with Gasteiger partial charge in [-0.3, -0.25) is 4.79 Å². The summed E-state index contributed by atoms with van der Waals surface area (Å²) in [6.07, 6.45) is 0.175. The quantitative estimate of drug-likeness (QED) is 0.673. The number of amides is 1. The Hall–Kier alpha value is -0.370. The number of alkyl halides is 1. The van der Waals surface area contributed by atoms with E-state index in [1.807, 2.05) is 0 Å². The van der Waals surface area contributed by atoms with Crippen LogP contribution in [-0.4, -0.2) is 63.7 Å². The van der Waals surface area contributed by atoms with Crippen LogP contribution in [0.1, 0.15) is 13.3 Å². The van der Waals surface area contributed by atoms with Crippen molar-refractivity contribution in [2.75, 3.05) is 44.5 Å². The molecule has 19 heavy (non-hydrogen) atoms. The topological polar surface area (TPSA) is 75.7 Å². The van der Waals surface area contributed by atoms with E-state index in [1.165, 1.54) is 0 Å². The number of ether oxygens (including phenoxy) is 1. The highest BCUT2D eigenvalue weighted by atomic mass is 35.5. The lowest BCUT2D eigenvalue weighted by Crippen LogP contribution is -2.42. The SMILES string of the molecule is CC(CCl)CS(=O)(=O)NCCC(=O)N1CCOCC1. The molecule has 1 aliphatic rings. The molecule has 1 unspecified atom stereocenters. The summed E-state index contributed by atoms with van der Waals surface area (Å²) in [6, 6.07) is 0. The number of morpholine rings is 1. The van der Waals surface area contributed by atoms with E-state index in [2.05, 4.69) is 4.72 Å². The van der Waals surface area contributed by atoms with Crippen molar-refractivity contribution < 1.29 is 17.9 Å². The van der Waals surface area contributed by atoms with E-state index in [1.54, 1.807) is 11.8 Å². The summed E-state index contributed by atoms with van der Waals surface area (Å²) >= 11 is 5.58. The second-order valence-electron chi connectivity index (χ2n) is 4.68. The molecule has 0 aromatic heterocycles. The molecule has 0 saturated carbocycles. The van der Waals surface area contributed by atoms with Gasteiger partial charge in [0.15, 0.2) is 0 Å². The van der Waals surface area contributed by atoms with Crippen molar-refractivity contribution in [3.05, 3.63) is 0 Å². The van der Waals surface area contributed by atoms with Crippen LogP contribution in [0, 0.1) is 5.92 Å². The van der Waals surface area contributed by atoms with Crippen LogP contribution in [0.2, 0.25) is 0 Å². The zero-order valence-corrected chi connectivity index (χ0v) is 12.7. The first-order valence-corrected chi connectivity index (χ1v) is 8.52. The molecule has 1 N–H and O–H groups in total. The molecule has 1 heterocycles. The maximum Gasteiger partial charge on any atom is 0.224 e. The zero-order valence-electron chi connectivity index (χ0n) is 11.1. The molecule has 0 spiro atoms. The van der Waals surface area contributed by atoms with Crippen molar-refractivity contribution in [1.29, 1.82) is 0 Å². The van der Waals surface area contributed by atoms with Gasteiger partial charge in [-0.1, -0.05) is 6.92 Å². The van der Waals surface area contributed by atoms with Gasteiger partial charge in [-0.25, -0.2) is 13.1 Å². The molecule has 1 amide bonds. The van der Waals surface area contributed by atoms with Crippen molar-refractivity contribution in [3.8, 4) is 0 Å². The standard InChI is InChI=1S/C11H21ClN2O4S/c1-10(8-12)9-19(16,17)13-3-2-11(15)14-4-6-18-7-5-14/h10,13H,2-9H2,1H3. The van der Waals surface area contributed by atoms with Crippen molar-refractivity contribution in [2.24, 2.45) is 5.92 Å².